The van der Waals surface area contributed by atoms with Crippen LogP contribution < -0.4 is 14.8 Å². The summed E-state index contributed by atoms with van der Waals surface area (Å²) in [7, 11) is 1.54. The zero-order chi connectivity index (χ0) is 23.9. The van der Waals surface area contributed by atoms with Crippen molar-refractivity contribution in [1.29, 1.82) is 0 Å². The molecular weight excluding hydrogens is 493 g/mol. The highest BCUT2D eigenvalue weighted by Crippen LogP contribution is 2.33. The first-order valence-electron chi connectivity index (χ1n) is 10.5. The molecule has 1 N–H and O–H groups in total. The molecule has 4 rings (SSSR count). The molecule has 6 nitrogen and oxygen atoms in total. The first-order chi connectivity index (χ1) is 16.5. The lowest BCUT2D eigenvalue weighted by Gasteiger charge is -2.11. The fourth-order valence-corrected chi connectivity index (χ4v) is 4.32. The Morgan fingerprint density at radius 1 is 1.03 bits per heavy atom. The molecule has 0 bridgehead atoms. The molecule has 0 saturated carbocycles. The Morgan fingerprint density at radius 3 is 2.62 bits per heavy atom. The van der Waals surface area contributed by atoms with Crippen molar-refractivity contribution < 1.29 is 14.3 Å². The first kappa shape index (κ1) is 24.0. The van der Waals surface area contributed by atoms with Crippen molar-refractivity contribution in [2.75, 3.05) is 13.7 Å². The molecule has 0 atom stereocenters. The number of hydrogen-bond acceptors (Lipinski definition) is 6. The fraction of sp³-hybridized carbons (Fsp3) is 0.160. The largest absolute Gasteiger partial charge is 0.493 e. The maximum absolute atomic E-state index is 12.7. The summed E-state index contributed by atoms with van der Waals surface area (Å²) < 4.78 is 15.7. The van der Waals surface area contributed by atoms with Crippen LogP contribution in [0.1, 0.15) is 27.3 Å². The molecule has 34 heavy (non-hydrogen) atoms. The zero-order valence-electron chi connectivity index (χ0n) is 18.3. The highest BCUT2D eigenvalue weighted by atomic mass is 35.5. The normalized spacial score (nSPS) is 10.7. The van der Waals surface area contributed by atoms with Gasteiger partial charge in [-0.25, -0.2) is 0 Å². The Morgan fingerprint density at radius 2 is 1.85 bits per heavy atom. The van der Waals surface area contributed by atoms with Gasteiger partial charge in [0.2, 0.25) is 0 Å². The molecule has 0 spiro atoms. The summed E-state index contributed by atoms with van der Waals surface area (Å²) in [5, 5.41) is 4.42. The highest BCUT2D eigenvalue weighted by Gasteiger charge is 2.15. The minimum Gasteiger partial charge on any atom is -0.493 e. The molecule has 174 valence electrons. The number of rotatable bonds is 9. The van der Waals surface area contributed by atoms with Gasteiger partial charge in [-0.15, -0.1) is 0 Å². The van der Waals surface area contributed by atoms with Crippen LogP contribution in [0, 0.1) is 0 Å². The number of amides is 1. The van der Waals surface area contributed by atoms with Gasteiger partial charge in [-0.05, 0) is 47.9 Å². The second-order valence-electron chi connectivity index (χ2n) is 7.35. The van der Waals surface area contributed by atoms with Crippen LogP contribution in [0.5, 0.6) is 16.7 Å². The van der Waals surface area contributed by atoms with Crippen LogP contribution >= 0.6 is 34.7 Å². The van der Waals surface area contributed by atoms with E-state index < -0.39 is 0 Å². The van der Waals surface area contributed by atoms with Gasteiger partial charge in [0.05, 0.1) is 7.11 Å². The lowest BCUT2D eigenvalue weighted by atomic mass is 10.1. The summed E-state index contributed by atoms with van der Waals surface area (Å²) in [5.41, 5.74) is 2.46. The van der Waals surface area contributed by atoms with Crippen LogP contribution in [-0.4, -0.2) is 28.9 Å². The smallest absolute Gasteiger partial charge is 0.298 e. The predicted octanol–water partition coefficient (Wildman–Crippen LogP) is 6.21. The van der Waals surface area contributed by atoms with Crippen LogP contribution in [0.15, 0.2) is 66.7 Å². The zero-order valence-corrected chi connectivity index (χ0v) is 20.6. The maximum Gasteiger partial charge on any atom is 0.298 e. The summed E-state index contributed by atoms with van der Waals surface area (Å²) >= 11 is 13.3. The standard InChI is InChI=1S/C25H21Cl2N3O3S/c1-32-21-10-8-18(24(31)28-12-11-17-7-9-19(26)15-20(17)27)14-22(21)33-25-29-23(30-34-25)13-16-5-3-2-4-6-16/h2-10,14-15H,11-13H2,1H3,(H,28,31). The van der Waals surface area contributed by atoms with E-state index in [4.69, 9.17) is 32.7 Å². The van der Waals surface area contributed by atoms with E-state index in [9.17, 15) is 4.79 Å². The quantitative estimate of drug-likeness (QED) is 0.288. The van der Waals surface area contributed by atoms with Crippen molar-refractivity contribution in [2.45, 2.75) is 12.8 Å². The molecule has 4 aromatic rings. The van der Waals surface area contributed by atoms with Crippen LogP contribution in [-0.2, 0) is 12.8 Å². The maximum atomic E-state index is 12.7. The van der Waals surface area contributed by atoms with Crippen LogP contribution in [0.2, 0.25) is 10.0 Å². The van der Waals surface area contributed by atoms with E-state index in [1.165, 1.54) is 0 Å². The highest BCUT2D eigenvalue weighted by molar-refractivity contribution is 7.07. The predicted molar refractivity (Wildman–Crippen MR) is 135 cm³/mol. The lowest BCUT2D eigenvalue weighted by Crippen LogP contribution is -2.25. The van der Waals surface area contributed by atoms with E-state index in [1.54, 1.807) is 37.4 Å². The summed E-state index contributed by atoms with van der Waals surface area (Å²) in [5.74, 6) is 1.31. The van der Waals surface area contributed by atoms with Crippen molar-refractivity contribution in [3.05, 3.63) is 99.3 Å². The Hall–Kier alpha value is -3.13. The molecule has 0 saturated heterocycles. The van der Waals surface area contributed by atoms with E-state index in [2.05, 4.69) is 14.7 Å². The van der Waals surface area contributed by atoms with Gasteiger partial charge < -0.3 is 14.8 Å². The average Bonchev–Trinajstić information content (AvgIpc) is 3.27. The van der Waals surface area contributed by atoms with E-state index in [-0.39, 0.29) is 5.91 Å². The SMILES string of the molecule is COc1ccc(C(=O)NCCc2ccc(Cl)cc2Cl)cc1Oc1nc(Cc2ccccc2)ns1. The van der Waals surface area contributed by atoms with Crippen molar-refractivity contribution >= 4 is 40.6 Å². The van der Waals surface area contributed by atoms with E-state index in [0.29, 0.717) is 57.5 Å². The van der Waals surface area contributed by atoms with Gasteiger partial charge in [0.1, 0.15) is 0 Å². The third-order valence-corrected chi connectivity index (χ3v) is 6.19. The van der Waals surface area contributed by atoms with Gasteiger partial charge >= 0.3 is 0 Å². The first-order valence-corrected chi connectivity index (χ1v) is 12.0. The number of carbonyl (C=O) groups excluding carboxylic acids is 1. The number of aromatic nitrogens is 2. The number of nitrogens with zero attached hydrogens (tertiary/aromatic N) is 2. The molecule has 0 radical (unpaired) electrons. The second-order valence-corrected chi connectivity index (χ2v) is 8.91. The van der Waals surface area contributed by atoms with Crippen LogP contribution in [0.25, 0.3) is 0 Å². The number of benzene rings is 3. The average molecular weight is 514 g/mol. The van der Waals surface area contributed by atoms with Crippen LogP contribution in [0.3, 0.4) is 0 Å². The molecular formula is C25H21Cl2N3O3S. The molecule has 3 aromatic carbocycles. The molecule has 0 aliphatic rings. The lowest BCUT2D eigenvalue weighted by molar-refractivity contribution is 0.0953. The molecule has 0 fully saturated rings. The molecule has 0 aliphatic heterocycles. The monoisotopic (exact) mass is 513 g/mol. The number of halogens is 2. The van der Waals surface area contributed by atoms with Crippen molar-refractivity contribution in [3.8, 4) is 16.7 Å². The topological polar surface area (TPSA) is 73.3 Å². The minimum absolute atomic E-state index is 0.236. The number of nitrogens with one attached hydrogen (secondary N) is 1. The van der Waals surface area contributed by atoms with Crippen molar-refractivity contribution in [2.24, 2.45) is 0 Å². The van der Waals surface area contributed by atoms with Gasteiger partial charge in [0.25, 0.3) is 11.1 Å². The number of hydrogen-bond donors (Lipinski definition) is 1. The van der Waals surface area contributed by atoms with Gasteiger partial charge in [-0.1, -0.05) is 59.6 Å². The van der Waals surface area contributed by atoms with E-state index in [1.807, 2.05) is 36.4 Å². The van der Waals surface area contributed by atoms with Gasteiger partial charge in [-0.3, -0.25) is 4.79 Å². The number of carbonyl (C=O) groups is 1. The minimum atomic E-state index is -0.236. The van der Waals surface area contributed by atoms with E-state index in [0.717, 1.165) is 22.7 Å². The molecule has 0 unspecified atom stereocenters. The molecule has 1 heterocycles. The Labute approximate surface area is 211 Å². The number of ether oxygens (including phenoxy) is 2. The van der Waals surface area contributed by atoms with Gasteiger partial charge in [-0.2, -0.15) is 9.36 Å². The van der Waals surface area contributed by atoms with Crippen molar-refractivity contribution in [3.63, 3.8) is 0 Å². The van der Waals surface area contributed by atoms with E-state index >= 15 is 0 Å². The molecule has 1 aromatic heterocycles. The Kier molecular flexibility index (Phi) is 8.00. The van der Waals surface area contributed by atoms with Crippen LogP contribution in [0.4, 0.5) is 0 Å². The second kappa shape index (κ2) is 11.3. The third-order valence-electron chi connectivity index (χ3n) is 4.97. The third kappa shape index (κ3) is 6.26. The summed E-state index contributed by atoms with van der Waals surface area (Å²) in [6, 6.07) is 20.3. The Balaban J connectivity index is 1.40. The van der Waals surface area contributed by atoms with Crippen molar-refractivity contribution in [1.82, 2.24) is 14.7 Å². The number of methoxy groups -OCH3 is 1. The summed E-state index contributed by atoms with van der Waals surface area (Å²) in [6.45, 7) is 0.418. The molecule has 1 amide bonds. The molecule has 0 aliphatic carbocycles. The molecule has 9 heteroatoms. The fourth-order valence-electron chi connectivity index (χ4n) is 3.26. The Bertz CT molecular complexity index is 1280. The summed E-state index contributed by atoms with van der Waals surface area (Å²) in [4.78, 5) is 17.2. The van der Waals surface area contributed by atoms with Gasteiger partial charge in [0.15, 0.2) is 17.3 Å². The van der Waals surface area contributed by atoms with Gasteiger partial charge in [0, 0.05) is 40.1 Å². The summed E-state index contributed by atoms with van der Waals surface area (Å²) in [6.07, 6.45) is 1.19.